The number of carbonyl (C=O) groups is 2. The normalized spacial score (nSPS) is 10.5. The maximum atomic E-state index is 12.2. The highest BCUT2D eigenvalue weighted by Crippen LogP contribution is 2.28. The Morgan fingerprint density at radius 3 is 2.38 bits per heavy atom. The lowest BCUT2D eigenvalue weighted by molar-refractivity contribution is -0.111. The molecule has 0 bridgehead atoms. The maximum absolute atomic E-state index is 12.2. The van der Waals surface area contributed by atoms with E-state index in [2.05, 4.69) is 5.32 Å². The number of rotatable bonds is 6. The smallest absolute Gasteiger partial charge is 0.339 e. The van der Waals surface area contributed by atoms with Gasteiger partial charge in [-0.3, -0.25) is 4.79 Å². The van der Waals surface area contributed by atoms with Gasteiger partial charge in [0.2, 0.25) is 5.91 Å². The zero-order chi connectivity index (χ0) is 19.1. The monoisotopic (exact) mass is 375 g/mol. The molecule has 1 amide bonds. The fourth-order valence-corrected chi connectivity index (χ4v) is 2.38. The van der Waals surface area contributed by atoms with Gasteiger partial charge in [-0.2, -0.15) is 0 Å². The molecule has 1 N–H and O–H groups in total. The van der Waals surface area contributed by atoms with Crippen LogP contribution in [0.2, 0.25) is 5.02 Å². The first-order chi connectivity index (χ1) is 12.5. The summed E-state index contributed by atoms with van der Waals surface area (Å²) in [6.45, 7) is 0. The Labute approximate surface area is 156 Å². The van der Waals surface area contributed by atoms with Gasteiger partial charge < -0.3 is 19.5 Å². The fourth-order valence-electron chi connectivity index (χ4n) is 2.21. The third-order valence-electron chi connectivity index (χ3n) is 3.48. The molecule has 2 aromatic rings. The predicted molar refractivity (Wildman–Crippen MR) is 100 cm³/mol. The topological polar surface area (TPSA) is 73.9 Å². The van der Waals surface area contributed by atoms with Crippen LogP contribution in [-0.2, 0) is 9.53 Å². The Balaban J connectivity index is 2.18. The Morgan fingerprint density at radius 2 is 1.73 bits per heavy atom. The number of ether oxygens (including phenoxy) is 3. The quantitative estimate of drug-likeness (QED) is 0.614. The molecule has 136 valence electrons. The average molecular weight is 376 g/mol. The first-order valence-electron chi connectivity index (χ1n) is 7.57. The van der Waals surface area contributed by atoms with Crippen molar-refractivity contribution in [3.63, 3.8) is 0 Å². The Bertz CT molecular complexity index is 848. The van der Waals surface area contributed by atoms with E-state index in [0.717, 1.165) is 5.56 Å². The Morgan fingerprint density at radius 1 is 1.00 bits per heavy atom. The largest absolute Gasteiger partial charge is 0.493 e. The first kappa shape index (κ1) is 19.3. The summed E-state index contributed by atoms with van der Waals surface area (Å²) < 4.78 is 15.1. The number of carbonyl (C=O) groups excluding carboxylic acids is 2. The molecule has 7 heteroatoms. The van der Waals surface area contributed by atoms with Crippen LogP contribution in [0.1, 0.15) is 15.9 Å². The van der Waals surface area contributed by atoms with Crippen LogP contribution >= 0.6 is 11.6 Å². The standard InChI is InChI=1S/C19H18ClNO5/c1-24-16-8-4-12(10-17(16)25-2)5-9-18(22)21-15-11-13(20)6-7-14(15)19(23)26-3/h4-11H,1-3H3,(H,21,22)/b9-5+. The van der Waals surface area contributed by atoms with E-state index >= 15 is 0 Å². The molecule has 0 unspecified atom stereocenters. The van der Waals surface area contributed by atoms with Crippen LogP contribution in [0, 0.1) is 0 Å². The third kappa shape index (κ3) is 4.77. The van der Waals surface area contributed by atoms with Gasteiger partial charge in [0.05, 0.1) is 32.6 Å². The van der Waals surface area contributed by atoms with Crippen LogP contribution in [0.15, 0.2) is 42.5 Å². The van der Waals surface area contributed by atoms with Gasteiger partial charge in [0.1, 0.15) is 0 Å². The number of esters is 1. The lowest BCUT2D eigenvalue weighted by atomic mass is 10.1. The van der Waals surface area contributed by atoms with E-state index in [-0.39, 0.29) is 11.3 Å². The summed E-state index contributed by atoms with van der Waals surface area (Å²) in [7, 11) is 4.34. The fraction of sp³-hybridized carbons (Fsp3) is 0.158. The minimum Gasteiger partial charge on any atom is -0.493 e. The van der Waals surface area contributed by atoms with Crippen LogP contribution in [-0.4, -0.2) is 33.2 Å². The van der Waals surface area contributed by atoms with Crippen molar-refractivity contribution in [1.29, 1.82) is 0 Å². The zero-order valence-electron chi connectivity index (χ0n) is 14.5. The van der Waals surface area contributed by atoms with Gasteiger partial charge in [0, 0.05) is 11.1 Å². The molecule has 0 aliphatic heterocycles. The molecule has 0 aromatic heterocycles. The summed E-state index contributed by atoms with van der Waals surface area (Å²) in [6, 6.07) is 9.77. The van der Waals surface area contributed by atoms with E-state index in [4.69, 9.17) is 25.8 Å². The minimum absolute atomic E-state index is 0.213. The SMILES string of the molecule is COC(=O)c1ccc(Cl)cc1NC(=O)/C=C/c1ccc(OC)c(OC)c1. The molecule has 2 rings (SSSR count). The van der Waals surface area contributed by atoms with Gasteiger partial charge in [-0.25, -0.2) is 4.79 Å². The summed E-state index contributed by atoms with van der Waals surface area (Å²) in [4.78, 5) is 24.0. The second-order valence-corrected chi connectivity index (χ2v) is 5.55. The molecule has 0 spiro atoms. The molecule has 0 aliphatic rings. The van der Waals surface area contributed by atoms with Crippen molar-refractivity contribution in [1.82, 2.24) is 0 Å². The average Bonchev–Trinajstić information content (AvgIpc) is 2.65. The second kappa shape index (κ2) is 8.92. The second-order valence-electron chi connectivity index (χ2n) is 5.12. The molecular weight excluding hydrogens is 358 g/mol. The number of halogens is 1. The molecular formula is C19H18ClNO5. The highest BCUT2D eigenvalue weighted by atomic mass is 35.5. The highest BCUT2D eigenvalue weighted by Gasteiger charge is 2.13. The van der Waals surface area contributed by atoms with E-state index in [0.29, 0.717) is 16.5 Å². The van der Waals surface area contributed by atoms with E-state index in [1.54, 1.807) is 37.5 Å². The molecule has 0 fully saturated rings. The summed E-state index contributed by atoms with van der Waals surface area (Å²) >= 11 is 5.94. The number of hydrogen-bond donors (Lipinski definition) is 1. The summed E-state index contributed by atoms with van der Waals surface area (Å²) in [6.07, 6.45) is 2.95. The van der Waals surface area contributed by atoms with Crippen molar-refractivity contribution >= 4 is 35.2 Å². The van der Waals surface area contributed by atoms with E-state index < -0.39 is 11.9 Å². The summed E-state index contributed by atoms with van der Waals surface area (Å²) in [5.41, 5.74) is 1.23. The van der Waals surface area contributed by atoms with Gasteiger partial charge in [-0.05, 0) is 42.0 Å². The zero-order valence-corrected chi connectivity index (χ0v) is 15.3. The number of amides is 1. The molecule has 0 heterocycles. The highest BCUT2D eigenvalue weighted by molar-refractivity contribution is 6.31. The lowest BCUT2D eigenvalue weighted by Crippen LogP contribution is -2.13. The summed E-state index contributed by atoms with van der Waals surface area (Å²) in [5.74, 6) is 0.154. The molecule has 0 atom stereocenters. The van der Waals surface area contributed by atoms with Crippen molar-refractivity contribution < 1.29 is 23.8 Å². The van der Waals surface area contributed by atoms with Crippen LogP contribution in [0.3, 0.4) is 0 Å². The van der Waals surface area contributed by atoms with Crippen LogP contribution in [0.5, 0.6) is 11.5 Å². The number of methoxy groups -OCH3 is 3. The number of anilines is 1. The van der Waals surface area contributed by atoms with Crippen molar-refractivity contribution in [2.75, 3.05) is 26.6 Å². The van der Waals surface area contributed by atoms with Gasteiger partial charge in [0.15, 0.2) is 11.5 Å². The van der Waals surface area contributed by atoms with Gasteiger partial charge in [-0.15, -0.1) is 0 Å². The van der Waals surface area contributed by atoms with Crippen molar-refractivity contribution in [2.24, 2.45) is 0 Å². The van der Waals surface area contributed by atoms with Crippen LogP contribution in [0.4, 0.5) is 5.69 Å². The molecule has 0 aliphatic carbocycles. The molecule has 2 aromatic carbocycles. The van der Waals surface area contributed by atoms with Gasteiger partial charge >= 0.3 is 5.97 Å². The van der Waals surface area contributed by atoms with E-state index in [1.807, 2.05) is 0 Å². The Hall–Kier alpha value is -2.99. The summed E-state index contributed by atoms with van der Waals surface area (Å²) in [5, 5.41) is 3.01. The van der Waals surface area contributed by atoms with E-state index in [1.165, 1.54) is 32.4 Å². The Kier molecular flexibility index (Phi) is 6.63. The molecule has 0 saturated heterocycles. The third-order valence-corrected chi connectivity index (χ3v) is 3.71. The first-order valence-corrected chi connectivity index (χ1v) is 7.95. The van der Waals surface area contributed by atoms with Gasteiger partial charge in [0.25, 0.3) is 0 Å². The molecule has 6 nitrogen and oxygen atoms in total. The predicted octanol–water partition coefficient (Wildman–Crippen LogP) is 3.80. The molecule has 0 saturated carbocycles. The van der Waals surface area contributed by atoms with Crippen LogP contribution in [0.25, 0.3) is 6.08 Å². The van der Waals surface area contributed by atoms with Crippen LogP contribution < -0.4 is 14.8 Å². The van der Waals surface area contributed by atoms with Crippen molar-refractivity contribution in [3.05, 3.63) is 58.6 Å². The number of benzene rings is 2. The number of hydrogen-bond acceptors (Lipinski definition) is 5. The van der Waals surface area contributed by atoms with E-state index in [9.17, 15) is 9.59 Å². The minimum atomic E-state index is -0.569. The maximum Gasteiger partial charge on any atom is 0.339 e. The lowest BCUT2D eigenvalue weighted by Gasteiger charge is -2.09. The molecule has 26 heavy (non-hydrogen) atoms. The number of nitrogens with one attached hydrogen (secondary N) is 1. The molecule has 0 radical (unpaired) electrons. The van der Waals surface area contributed by atoms with Gasteiger partial charge in [-0.1, -0.05) is 17.7 Å². The van der Waals surface area contributed by atoms with Crippen molar-refractivity contribution in [2.45, 2.75) is 0 Å². The van der Waals surface area contributed by atoms with Crippen molar-refractivity contribution in [3.8, 4) is 11.5 Å².